The van der Waals surface area contributed by atoms with Crippen LogP contribution in [0.5, 0.6) is 0 Å². The topological polar surface area (TPSA) is 76.1 Å². The number of imidazole rings is 1. The van der Waals surface area contributed by atoms with Crippen LogP contribution in [0.15, 0.2) is 18.2 Å². The van der Waals surface area contributed by atoms with E-state index in [9.17, 15) is 5.11 Å². The van der Waals surface area contributed by atoms with E-state index in [4.69, 9.17) is 5.73 Å². The summed E-state index contributed by atoms with van der Waals surface area (Å²) in [5.41, 5.74) is 8.42. The number of hydrogen-bond donors (Lipinski definition) is 3. The van der Waals surface area contributed by atoms with Gasteiger partial charge in [0.05, 0.1) is 23.2 Å². The molecular weight excluding hydrogens is 288 g/mol. The quantitative estimate of drug-likeness (QED) is 0.792. The molecule has 5 nitrogen and oxygen atoms in total. The molecule has 0 aliphatic rings. The minimum atomic E-state index is -0.829. The zero-order valence-corrected chi connectivity index (χ0v) is 15.1. The van der Waals surface area contributed by atoms with Gasteiger partial charge in [0.1, 0.15) is 0 Å². The SMILES string of the molecule is C[C@@H](NCc1ccc2c(c1)nc(N)n2CC(C)(C)O)C(C)(C)C. The molecule has 0 saturated carbocycles. The molecule has 4 N–H and O–H groups in total. The summed E-state index contributed by atoms with van der Waals surface area (Å²) in [5.74, 6) is 0.440. The van der Waals surface area contributed by atoms with Gasteiger partial charge in [-0.1, -0.05) is 26.8 Å². The van der Waals surface area contributed by atoms with Gasteiger partial charge in [-0.3, -0.25) is 0 Å². The first-order chi connectivity index (χ1) is 10.5. The summed E-state index contributed by atoms with van der Waals surface area (Å²) >= 11 is 0. The number of benzene rings is 1. The van der Waals surface area contributed by atoms with Crippen LogP contribution in [0.25, 0.3) is 11.0 Å². The number of nitrogens with one attached hydrogen (secondary N) is 1. The lowest BCUT2D eigenvalue weighted by Gasteiger charge is -2.28. The summed E-state index contributed by atoms with van der Waals surface area (Å²) in [7, 11) is 0. The molecule has 0 aliphatic heterocycles. The molecule has 0 aliphatic carbocycles. The average molecular weight is 318 g/mol. The van der Waals surface area contributed by atoms with Gasteiger partial charge in [-0.25, -0.2) is 4.98 Å². The zero-order chi connectivity index (χ0) is 17.4. The van der Waals surface area contributed by atoms with Gasteiger partial charge >= 0.3 is 0 Å². The van der Waals surface area contributed by atoms with Gasteiger partial charge in [0.15, 0.2) is 0 Å². The van der Waals surface area contributed by atoms with Crippen molar-refractivity contribution < 1.29 is 5.11 Å². The summed E-state index contributed by atoms with van der Waals surface area (Å²) in [6.07, 6.45) is 0. The molecule has 0 unspecified atom stereocenters. The molecule has 0 spiro atoms. The van der Waals surface area contributed by atoms with Crippen LogP contribution in [-0.4, -0.2) is 26.3 Å². The fourth-order valence-electron chi connectivity index (χ4n) is 2.43. The monoisotopic (exact) mass is 318 g/mol. The van der Waals surface area contributed by atoms with E-state index in [-0.39, 0.29) is 5.41 Å². The van der Waals surface area contributed by atoms with Gasteiger partial charge in [-0.2, -0.15) is 0 Å². The molecule has 0 amide bonds. The Hall–Kier alpha value is -1.59. The van der Waals surface area contributed by atoms with Gasteiger partial charge in [0.25, 0.3) is 0 Å². The summed E-state index contributed by atoms with van der Waals surface area (Å²) in [4.78, 5) is 4.44. The number of nitrogens with zero attached hydrogens (tertiary/aromatic N) is 2. The van der Waals surface area contributed by atoms with Crippen LogP contribution in [0.2, 0.25) is 0 Å². The Morgan fingerprint density at radius 3 is 2.48 bits per heavy atom. The molecule has 2 rings (SSSR count). The lowest BCUT2D eigenvalue weighted by molar-refractivity contribution is 0.0633. The lowest BCUT2D eigenvalue weighted by Crippen LogP contribution is -2.37. The van der Waals surface area contributed by atoms with Crippen LogP contribution in [-0.2, 0) is 13.1 Å². The number of fused-ring (bicyclic) bond motifs is 1. The molecule has 128 valence electrons. The maximum atomic E-state index is 10.0. The maximum Gasteiger partial charge on any atom is 0.201 e. The summed E-state index contributed by atoms with van der Waals surface area (Å²) < 4.78 is 1.87. The Bertz CT molecular complexity index is 677. The zero-order valence-electron chi connectivity index (χ0n) is 15.1. The number of hydrogen-bond acceptors (Lipinski definition) is 4. The second kappa shape index (κ2) is 6.13. The van der Waals surface area contributed by atoms with E-state index in [2.05, 4.69) is 50.1 Å². The summed E-state index contributed by atoms with van der Waals surface area (Å²) in [5, 5.41) is 13.6. The van der Waals surface area contributed by atoms with Crippen molar-refractivity contribution >= 4 is 17.0 Å². The van der Waals surface area contributed by atoms with Gasteiger partial charge in [0, 0.05) is 12.6 Å². The fraction of sp³-hybridized carbons (Fsp3) is 0.611. The molecule has 1 aromatic heterocycles. The van der Waals surface area contributed by atoms with E-state index in [1.165, 1.54) is 5.56 Å². The predicted molar refractivity (Wildman–Crippen MR) is 96.2 cm³/mol. The molecule has 2 aromatic rings. The first kappa shape index (κ1) is 17.8. The molecule has 1 atom stereocenters. The standard InChI is InChI=1S/C18H30N4O/c1-12(17(2,3)4)20-10-13-7-8-15-14(9-13)21-16(19)22(15)11-18(5,6)23/h7-9,12,20,23H,10-11H2,1-6H3,(H2,19,21)/t12-/m1/s1. The van der Waals surface area contributed by atoms with Crippen LogP contribution < -0.4 is 11.1 Å². The van der Waals surface area contributed by atoms with E-state index in [1.807, 2.05) is 10.6 Å². The smallest absolute Gasteiger partial charge is 0.201 e. The molecule has 5 heteroatoms. The predicted octanol–water partition coefficient (Wildman–Crippen LogP) is 2.91. The Labute approximate surface area is 138 Å². The highest BCUT2D eigenvalue weighted by atomic mass is 16.3. The summed E-state index contributed by atoms with van der Waals surface area (Å²) in [6.45, 7) is 13.6. The number of nitrogen functional groups attached to an aromatic ring is 1. The molecule has 0 fully saturated rings. The van der Waals surface area contributed by atoms with Crippen molar-refractivity contribution in [1.82, 2.24) is 14.9 Å². The highest BCUT2D eigenvalue weighted by molar-refractivity contribution is 5.79. The van der Waals surface area contributed by atoms with Crippen LogP contribution >= 0.6 is 0 Å². The summed E-state index contributed by atoms with van der Waals surface area (Å²) in [6, 6.07) is 6.60. The van der Waals surface area contributed by atoms with Crippen molar-refractivity contribution in [2.75, 3.05) is 5.73 Å². The minimum absolute atomic E-state index is 0.225. The largest absolute Gasteiger partial charge is 0.389 e. The van der Waals surface area contributed by atoms with Crippen LogP contribution in [0.1, 0.15) is 47.1 Å². The van der Waals surface area contributed by atoms with E-state index < -0.39 is 5.60 Å². The van der Waals surface area contributed by atoms with E-state index >= 15 is 0 Å². The molecular formula is C18H30N4O. The lowest BCUT2D eigenvalue weighted by atomic mass is 9.88. The minimum Gasteiger partial charge on any atom is -0.389 e. The third-order valence-electron chi connectivity index (χ3n) is 4.30. The Morgan fingerprint density at radius 2 is 1.91 bits per heavy atom. The van der Waals surface area contributed by atoms with Crippen molar-refractivity contribution in [1.29, 1.82) is 0 Å². The van der Waals surface area contributed by atoms with Crippen LogP contribution in [0, 0.1) is 5.41 Å². The molecule has 0 bridgehead atoms. The second-order valence-corrected chi connectivity index (χ2v) is 8.16. The Morgan fingerprint density at radius 1 is 1.26 bits per heavy atom. The van der Waals surface area contributed by atoms with Crippen molar-refractivity contribution in [2.24, 2.45) is 5.41 Å². The van der Waals surface area contributed by atoms with Crippen molar-refractivity contribution in [2.45, 2.75) is 66.3 Å². The average Bonchev–Trinajstić information content (AvgIpc) is 2.69. The number of nitrogens with two attached hydrogens (primary N) is 1. The number of rotatable bonds is 5. The maximum absolute atomic E-state index is 10.0. The van der Waals surface area contributed by atoms with E-state index in [1.54, 1.807) is 13.8 Å². The molecule has 0 saturated heterocycles. The van der Waals surface area contributed by atoms with E-state index in [0.29, 0.717) is 18.5 Å². The third kappa shape index (κ3) is 4.45. The van der Waals surface area contributed by atoms with Crippen molar-refractivity contribution in [3.05, 3.63) is 23.8 Å². The number of aromatic nitrogens is 2. The van der Waals surface area contributed by atoms with Crippen molar-refractivity contribution in [3.8, 4) is 0 Å². The van der Waals surface area contributed by atoms with Gasteiger partial charge in [0.2, 0.25) is 5.95 Å². The Balaban J connectivity index is 2.21. The van der Waals surface area contributed by atoms with Crippen LogP contribution in [0.3, 0.4) is 0 Å². The van der Waals surface area contributed by atoms with E-state index in [0.717, 1.165) is 17.6 Å². The second-order valence-electron chi connectivity index (χ2n) is 8.16. The number of anilines is 1. The molecule has 1 heterocycles. The normalized spacial score (nSPS) is 14.4. The van der Waals surface area contributed by atoms with Crippen LogP contribution in [0.4, 0.5) is 5.95 Å². The first-order valence-electron chi connectivity index (χ1n) is 8.18. The van der Waals surface area contributed by atoms with Gasteiger partial charge < -0.3 is 20.7 Å². The number of aliphatic hydroxyl groups is 1. The highest BCUT2D eigenvalue weighted by Crippen LogP contribution is 2.23. The molecule has 23 heavy (non-hydrogen) atoms. The van der Waals surface area contributed by atoms with Gasteiger partial charge in [-0.05, 0) is 43.9 Å². The third-order valence-corrected chi connectivity index (χ3v) is 4.30. The van der Waals surface area contributed by atoms with Crippen molar-refractivity contribution in [3.63, 3.8) is 0 Å². The first-order valence-corrected chi connectivity index (χ1v) is 8.18. The van der Waals surface area contributed by atoms with Gasteiger partial charge in [-0.15, -0.1) is 0 Å². The molecule has 1 aromatic carbocycles. The molecule has 0 radical (unpaired) electrons. The Kier molecular flexibility index (Phi) is 4.74. The fourth-order valence-corrected chi connectivity index (χ4v) is 2.43. The highest BCUT2D eigenvalue weighted by Gasteiger charge is 2.20.